The number of hydrogen-bond acceptors (Lipinski definition) is 2. The minimum atomic E-state index is 0.163. The van der Waals surface area contributed by atoms with Gasteiger partial charge in [-0.05, 0) is 12.8 Å². The third-order valence-corrected chi connectivity index (χ3v) is 1.52. The molecule has 0 unspecified atom stereocenters. The van der Waals surface area contributed by atoms with Gasteiger partial charge in [-0.3, -0.25) is 4.79 Å². The van der Waals surface area contributed by atoms with Crippen LogP contribution in [-0.2, 0) is 4.79 Å². The zero-order valence-corrected chi connectivity index (χ0v) is 4.89. The molecule has 0 aliphatic heterocycles. The van der Waals surface area contributed by atoms with Crippen LogP contribution in [-0.4, -0.2) is 11.8 Å². The quantitative estimate of drug-likeness (QED) is 0.496. The summed E-state index contributed by atoms with van der Waals surface area (Å²) in [5, 5.41) is 0. The number of carbonyl (C=O) groups excluding carboxylic acids is 1. The van der Waals surface area contributed by atoms with Gasteiger partial charge in [0.2, 0.25) is 0 Å². The summed E-state index contributed by atoms with van der Waals surface area (Å²) in [7, 11) is 0. The normalized spacial score (nSPS) is 30.6. The van der Waals surface area contributed by atoms with E-state index in [1.165, 1.54) is 0 Å². The standard InChI is InChI=1S/C6H11NO/c7-5-2-1-3-6(8)4-5/h5H,1-4,7H2/t5-/m1/s1. The van der Waals surface area contributed by atoms with E-state index in [0.29, 0.717) is 12.2 Å². The van der Waals surface area contributed by atoms with Gasteiger partial charge in [0.25, 0.3) is 0 Å². The van der Waals surface area contributed by atoms with Crippen molar-refractivity contribution < 1.29 is 4.79 Å². The number of ketones is 1. The SMILES string of the molecule is N[C@@H]1CCCC(=O)C1. The first-order valence-corrected chi connectivity index (χ1v) is 3.06. The highest BCUT2D eigenvalue weighted by molar-refractivity contribution is 5.79. The lowest BCUT2D eigenvalue weighted by molar-refractivity contribution is -0.120. The van der Waals surface area contributed by atoms with Gasteiger partial charge in [0.1, 0.15) is 5.78 Å². The Balaban J connectivity index is 2.34. The number of nitrogens with two attached hydrogens (primary N) is 1. The molecule has 1 aliphatic carbocycles. The zero-order valence-electron chi connectivity index (χ0n) is 4.89. The maximum absolute atomic E-state index is 10.6. The lowest BCUT2D eigenvalue weighted by atomic mass is 9.95. The molecule has 1 fully saturated rings. The van der Waals surface area contributed by atoms with Gasteiger partial charge in [0.05, 0.1) is 0 Å². The van der Waals surface area contributed by atoms with Crippen molar-refractivity contribution in [2.75, 3.05) is 0 Å². The molecule has 0 aromatic heterocycles. The van der Waals surface area contributed by atoms with Gasteiger partial charge in [-0.1, -0.05) is 0 Å². The zero-order chi connectivity index (χ0) is 5.98. The first kappa shape index (κ1) is 5.76. The van der Waals surface area contributed by atoms with Crippen LogP contribution in [0, 0.1) is 0 Å². The summed E-state index contributed by atoms with van der Waals surface area (Å²) in [5.41, 5.74) is 5.50. The molecular formula is C6H11NO. The molecule has 1 aliphatic rings. The lowest BCUT2D eigenvalue weighted by Gasteiger charge is -2.14. The van der Waals surface area contributed by atoms with Crippen LogP contribution in [0.4, 0.5) is 0 Å². The first-order valence-electron chi connectivity index (χ1n) is 3.06. The number of hydrogen-bond donors (Lipinski definition) is 1. The average molecular weight is 113 g/mol. The molecule has 2 nitrogen and oxygen atoms in total. The Morgan fingerprint density at radius 3 is 2.75 bits per heavy atom. The van der Waals surface area contributed by atoms with Crippen molar-refractivity contribution in [1.82, 2.24) is 0 Å². The third kappa shape index (κ3) is 1.30. The van der Waals surface area contributed by atoms with E-state index in [0.717, 1.165) is 19.3 Å². The van der Waals surface area contributed by atoms with Crippen molar-refractivity contribution in [1.29, 1.82) is 0 Å². The molecular weight excluding hydrogens is 102 g/mol. The van der Waals surface area contributed by atoms with E-state index < -0.39 is 0 Å². The second kappa shape index (κ2) is 2.27. The minimum absolute atomic E-state index is 0.163. The second-order valence-electron chi connectivity index (χ2n) is 2.40. The molecule has 8 heavy (non-hydrogen) atoms. The van der Waals surface area contributed by atoms with Crippen molar-refractivity contribution >= 4 is 5.78 Å². The average Bonchev–Trinajstić information content (AvgIpc) is 1.64. The van der Waals surface area contributed by atoms with E-state index in [1.54, 1.807) is 0 Å². The summed E-state index contributed by atoms with van der Waals surface area (Å²) in [6.07, 6.45) is 3.40. The molecule has 0 radical (unpaired) electrons. The van der Waals surface area contributed by atoms with E-state index in [-0.39, 0.29) is 6.04 Å². The predicted molar refractivity (Wildman–Crippen MR) is 31.5 cm³/mol. The fourth-order valence-corrected chi connectivity index (χ4v) is 1.06. The number of carbonyl (C=O) groups is 1. The molecule has 2 heteroatoms. The Morgan fingerprint density at radius 2 is 2.38 bits per heavy atom. The Hall–Kier alpha value is -0.370. The maximum atomic E-state index is 10.6. The van der Waals surface area contributed by atoms with E-state index in [1.807, 2.05) is 0 Å². The second-order valence-corrected chi connectivity index (χ2v) is 2.40. The predicted octanol–water partition coefficient (Wildman–Crippen LogP) is 0.457. The molecule has 0 heterocycles. The van der Waals surface area contributed by atoms with Crippen LogP contribution in [0.15, 0.2) is 0 Å². The molecule has 0 aromatic rings. The van der Waals surface area contributed by atoms with Crippen molar-refractivity contribution in [3.05, 3.63) is 0 Å². The molecule has 0 bridgehead atoms. The van der Waals surface area contributed by atoms with Crippen LogP contribution in [0.5, 0.6) is 0 Å². The van der Waals surface area contributed by atoms with E-state index in [4.69, 9.17) is 5.73 Å². The maximum Gasteiger partial charge on any atom is 0.134 e. The highest BCUT2D eigenvalue weighted by atomic mass is 16.1. The summed E-state index contributed by atoms with van der Waals surface area (Å²) in [6.45, 7) is 0. The van der Waals surface area contributed by atoms with Crippen LogP contribution < -0.4 is 5.73 Å². The van der Waals surface area contributed by atoms with E-state index in [2.05, 4.69) is 0 Å². The molecule has 1 saturated carbocycles. The summed E-state index contributed by atoms with van der Waals surface area (Å²) < 4.78 is 0. The molecule has 0 aromatic carbocycles. The summed E-state index contributed by atoms with van der Waals surface area (Å²) >= 11 is 0. The number of rotatable bonds is 0. The van der Waals surface area contributed by atoms with Crippen LogP contribution >= 0.6 is 0 Å². The fourth-order valence-electron chi connectivity index (χ4n) is 1.06. The topological polar surface area (TPSA) is 43.1 Å². The summed E-state index contributed by atoms with van der Waals surface area (Å²) in [5.74, 6) is 0.337. The molecule has 1 rings (SSSR count). The third-order valence-electron chi connectivity index (χ3n) is 1.52. The molecule has 2 N–H and O–H groups in total. The highest BCUT2D eigenvalue weighted by Crippen LogP contribution is 2.11. The fraction of sp³-hybridized carbons (Fsp3) is 0.833. The van der Waals surface area contributed by atoms with E-state index in [9.17, 15) is 4.79 Å². The van der Waals surface area contributed by atoms with Gasteiger partial charge in [0.15, 0.2) is 0 Å². The smallest absolute Gasteiger partial charge is 0.134 e. The van der Waals surface area contributed by atoms with Crippen LogP contribution in [0.1, 0.15) is 25.7 Å². The number of Topliss-reactive ketones (excluding diaryl/α,β-unsaturated/α-hetero) is 1. The summed E-state index contributed by atoms with van der Waals surface area (Å²) in [4.78, 5) is 10.6. The molecule has 46 valence electrons. The molecule has 0 saturated heterocycles. The molecule has 0 amide bonds. The van der Waals surface area contributed by atoms with Gasteiger partial charge in [0, 0.05) is 18.9 Å². The minimum Gasteiger partial charge on any atom is -0.327 e. The Labute approximate surface area is 49.1 Å². The van der Waals surface area contributed by atoms with Crippen LogP contribution in [0.2, 0.25) is 0 Å². The first-order chi connectivity index (χ1) is 3.79. The van der Waals surface area contributed by atoms with Crippen LogP contribution in [0.3, 0.4) is 0 Å². The Bertz CT molecular complexity index is 101. The van der Waals surface area contributed by atoms with Gasteiger partial charge in [-0.25, -0.2) is 0 Å². The molecule has 0 spiro atoms. The van der Waals surface area contributed by atoms with Crippen molar-refractivity contribution in [3.63, 3.8) is 0 Å². The largest absolute Gasteiger partial charge is 0.327 e. The van der Waals surface area contributed by atoms with Gasteiger partial charge < -0.3 is 5.73 Å². The molecule has 1 atom stereocenters. The van der Waals surface area contributed by atoms with Gasteiger partial charge >= 0.3 is 0 Å². The van der Waals surface area contributed by atoms with E-state index >= 15 is 0 Å². The Morgan fingerprint density at radius 1 is 1.62 bits per heavy atom. The van der Waals surface area contributed by atoms with Crippen molar-refractivity contribution in [3.8, 4) is 0 Å². The Kier molecular flexibility index (Phi) is 1.63. The highest BCUT2D eigenvalue weighted by Gasteiger charge is 2.14. The van der Waals surface area contributed by atoms with Crippen molar-refractivity contribution in [2.24, 2.45) is 5.73 Å². The van der Waals surface area contributed by atoms with Crippen LogP contribution in [0.25, 0.3) is 0 Å². The van der Waals surface area contributed by atoms with Crippen molar-refractivity contribution in [2.45, 2.75) is 31.7 Å². The van der Waals surface area contributed by atoms with Gasteiger partial charge in [-0.2, -0.15) is 0 Å². The van der Waals surface area contributed by atoms with Gasteiger partial charge in [-0.15, -0.1) is 0 Å². The summed E-state index contributed by atoms with van der Waals surface area (Å²) in [6, 6.07) is 0.163. The monoisotopic (exact) mass is 113 g/mol. The lowest BCUT2D eigenvalue weighted by Crippen LogP contribution is -2.27.